The van der Waals surface area contributed by atoms with E-state index in [-0.39, 0.29) is 12.1 Å². The maximum absolute atomic E-state index is 14.1. The Hall–Kier alpha value is -4.75. The molecule has 0 amide bonds. The topological polar surface area (TPSA) is 87.6 Å². The minimum absolute atomic E-state index is 0.0889. The van der Waals surface area contributed by atoms with E-state index in [9.17, 15) is 101 Å². The van der Waals surface area contributed by atoms with Gasteiger partial charge in [0, 0.05) is 11.1 Å². The molecule has 0 atom stereocenters. The smallest absolute Gasteiger partial charge is 0.427 e. The molecule has 0 aromatic heterocycles. The molecule has 0 bridgehead atoms. The summed E-state index contributed by atoms with van der Waals surface area (Å²) in [4.78, 5) is 12.8. The van der Waals surface area contributed by atoms with Gasteiger partial charge in [-0.25, -0.2) is 0 Å². The molecule has 292 valence electrons. The zero-order valence-electron chi connectivity index (χ0n) is 23.7. The first-order valence-electron chi connectivity index (χ1n) is 12.2. The van der Waals surface area contributed by atoms with E-state index in [1.54, 1.807) is 0 Å². The molecule has 0 unspecified atom stereocenters. The Morgan fingerprint density at radius 3 is 0.981 bits per heavy atom. The summed E-state index contributed by atoms with van der Waals surface area (Å²) in [6, 6.07) is -5.10. The number of halogens is 22. The Morgan fingerprint density at radius 2 is 0.731 bits per heavy atom. The molecule has 0 aliphatic heterocycles. The maximum atomic E-state index is 14.1. The van der Waals surface area contributed by atoms with Crippen molar-refractivity contribution in [3.05, 3.63) is 71.2 Å². The van der Waals surface area contributed by atoms with Crippen LogP contribution in [0.4, 0.5) is 108 Å². The molecule has 0 spiro atoms. The number of carbonyl (C=O) groups excluding carboxylic acids is 1. The minimum atomic E-state index is -7.70. The number of hydrogen-bond donors (Lipinski definition) is 2. The Balaban J connectivity index is 2.52. The van der Waals surface area contributed by atoms with Gasteiger partial charge < -0.3 is 20.9 Å². The average Bonchev–Trinajstić information content (AvgIpc) is 3.00. The standard InChI is InChI=1S/C25H10F22N2O3/c26-14(18(30,31)20(34,35)22(38,39)24(42,43)44)16(28)51-11-5-7(1-3-9(11)48)13(50)8-2-4-10(49)12(6-8)52-17(29)15(27)19(32,33)21(36,37)23(40,41)25(45,46)47/h1-6H,48-49H2. The average molecular weight is 804 g/mol. The third-order valence-electron chi connectivity index (χ3n) is 6.14. The second-order valence-corrected chi connectivity index (χ2v) is 9.66. The molecule has 2 rings (SSSR count). The summed E-state index contributed by atoms with van der Waals surface area (Å²) in [5, 5.41) is 0. The first kappa shape index (κ1) is 43.4. The largest absolute Gasteiger partial charge is 0.460 e. The van der Waals surface area contributed by atoms with Crippen LogP contribution in [0.2, 0.25) is 0 Å². The molecular weight excluding hydrogens is 794 g/mol. The second kappa shape index (κ2) is 13.3. The van der Waals surface area contributed by atoms with E-state index in [1.165, 1.54) is 0 Å². The number of ketones is 1. The molecule has 0 saturated carbocycles. The highest BCUT2D eigenvalue weighted by atomic mass is 19.4. The van der Waals surface area contributed by atoms with Gasteiger partial charge >= 0.3 is 59.9 Å². The summed E-state index contributed by atoms with van der Waals surface area (Å²) >= 11 is 0. The predicted molar refractivity (Wildman–Crippen MR) is 127 cm³/mol. The number of anilines is 2. The first-order valence-corrected chi connectivity index (χ1v) is 12.2. The van der Waals surface area contributed by atoms with E-state index < -0.39 is 111 Å². The van der Waals surface area contributed by atoms with Crippen molar-refractivity contribution < 1.29 is 111 Å². The lowest BCUT2D eigenvalue weighted by Gasteiger charge is -2.32. The van der Waals surface area contributed by atoms with E-state index in [0.717, 1.165) is 0 Å². The second-order valence-electron chi connectivity index (χ2n) is 9.66. The fourth-order valence-corrected chi connectivity index (χ4v) is 3.25. The molecule has 2 aromatic rings. The third-order valence-corrected chi connectivity index (χ3v) is 6.14. The number of rotatable bonds is 12. The summed E-state index contributed by atoms with van der Waals surface area (Å²) in [7, 11) is 0. The van der Waals surface area contributed by atoms with E-state index in [1.807, 2.05) is 0 Å². The van der Waals surface area contributed by atoms with Crippen LogP contribution in [-0.4, -0.2) is 53.7 Å². The SMILES string of the molecule is Nc1ccc(C(=O)c2ccc(N)c(OC(F)=C(F)C(F)(F)C(F)(F)C(F)(F)C(F)(F)F)c2)cc1OC(F)=C(F)C(F)(F)C(F)(F)C(F)(F)C(F)(F)F. The maximum Gasteiger partial charge on any atom is 0.460 e. The molecule has 0 aliphatic rings. The summed E-state index contributed by atoms with van der Waals surface area (Å²) < 4.78 is 298. The van der Waals surface area contributed by atoms with Crippen molar-refractivity contribution in [3.8, 4) is 11.5 Å². The molecule has 0 radical (unpaired) electrons. The van der Waals surface area contributed by atoms with Crippen LogP contribution in [0.3, 0.4) is 0 Å². The predicted octanol–water partition coefficient (Wildman–Crippen LogP) is 9.99. The van der Waals surface area contributed by atoms with Gasteiger partial charge in [0.1, 0.15) is 0 Å². The molecule has 2 aromatic carbocycles. The molecule has 0 aliphatic carbocycles. The monoisotopic (exact) mass is 804 g/mol. The van der Waals surface area contributed by atoms with E-state index in [0.29, 0.717) is 24.3 Å². The molecule has 27 heteroatoms. The third kappa shape index (κ3) is 7.16. The normalized spacial score (nSPS) is 15.2. The first-order chi connectivity index (χ1) is 23.0. The van der Waals surface area contributed by atoms with Gasteiger partial charge in [-0.1, -0.05) is 0 Å². The quantitative estimate of drug-likeness (QED) is 0.0966. The van der Waals surface area contributed by atoms with E-state index in [2.05, 4.69) is 9.47 Å². The van der Waals surface area contributed by atoms with Crippen LogP contribution in [0.15, 0.2) is 60.1 Å². The van der Waals surface area contributed by atoms with Crippen LogP contribution in [0, 0.1) is 0 Å². The minimum Gasteiger partial charge on any atom is -0.427 e. The van der Waals surface area contributed by atoms with Crippen LogP contribution >= 0.6 is 0 Å². The summed E-state index contributed by atoms with van der Waals surface area (Å²) in [5.74, 6) is -58.7. The van der Waals surface area contributed by atoms with Crippen molar-refractivity contribution in [1.29, 1.82) is 0 Å². The van der Waals surface area contributed by atoms with Crippen LogP contribution in [0.5, 0.6) is 11.5 Å². The molecule has 0 saturated heterocycles. The van der Waals surface area contributed by atoms with Crippen LogP contribution in [-0.2, 0) is 0 Å². The number of nitrogen functional groups attached to an aromatic ring is 2. The van der Waals surface area contributed by atoms with Gasteiger partial charge in [0.05, 0.1) is 11.4 Å². The number of carbonyl (C=O) groups is 1. The Bertz CT molecular complexity index is 1630. The summed E-state index contributed by atoms with van der Waals surface area (Å²) in [6.45, 7) is 0. The Morgan fingerprint density at radius 1 is 0.462 bits per heavy atom. The summed E-state index contributed by atoms with van der Waals surface area (Å²) in [6.07, 6.45) is -14.9. The van der Waals surface area contributed by atoms with Crippen LogP contribution < -0.4 is 20.9 Å². The molecule has 4 N–H and O–H groups in total. The number of alkyl halides is 18. The lowest BCUT2D eigenvalue weighted by molar-refractivity contribution is -0.392. The lowest BCUT2D eigenvalue weighted by Crippen LogP contribution is -2.61. The fourth-order valence-electron chi connectivity index (χ4n) is 3.25. The van der Waals surface area contributed by atoms with Crippen molar-refractivity contribution in [2.24, 2.45) is 0 Å². The van der Waals surface area contributed by atoms with Gasteiger partial charge in [0.25, 0.3) is 0 Å². The molecular formula is C25H10F22N2O3. The number of hydrogen-bond acceptors (Lipinski definition) is 5. The van der Waals surface area contributed by atoms with Gasteiger partial charge in [-0.05, 0) is 36.4 Å². The Labute approximate surface area is 271 Å². The number of ether oxygens (including phenoxy) is 2. The number of benzene rings is 2. The van der Waals surface area contributed by atoms with Crippen molar-refractivity contribution in [3.63, 3.8) is 0 Å². The van der Waals surface area contributed by atoms with Crippen molar-refractivity contribution in [1.82, 2.24) is 0 Å². The molecule has 0 fully saturated rings. The van der Waals surface area contributed by atoms with Crippen molar-refractivity contribution in [2.45, 2.75) is 47.9 Å². The molecule has 0 heterocycles. The van der Waals surface area contributed by atoms with Gasteiger partial charge in [-0.2, -0.15) is 96.6 Å². The highest BCUT2D eigenvalue weighted by Crippen LogP contribution is 2.57. The number of nitrogens with two attached hydrogens (primary N) is 2. The van der Waals surface area contributed by atoms with Crippen LogP contribution in [0.1, 0.15) is 15.9 Å². The zero-order valence-corrected chi connectivity index (χ0v) is 23.7. The molecule has 5 nitrogen and oxygen atoms in total. The van der Waals surface area contributed by atoms with Gasteiger partial charge in [0.15, 0.2) is 17.3 Å². The van der Waals surface area contributed by atoms with Crippen LogP contribution in [0.25, 0.3) is 0 Å². The lowest BCUT2D eigenvalue weighted by atomic mass is 10.0. The van der Waals surface area contributed by atoms with E-state index >= 15 is 0 Å². The Kier molecular flexibility index (Phi) is 11.1. The molecule has 52 heavy (non-hydrogen) atoms. The zero-order chi connectivity index (χ0) is 41.0. The summed E-state index contributed by atoms with van der Waals surface area (Å²) in [5.41, 5.74) is 6.39. The highest BCUT2D eigenvalue weighted by Gasteiger charge is 2.84. The van der Waals surface area contributed by atoms with Gasteiger partial charge in [-0.3, -0.25) is 4.79 Å². The number of allylic oxidation sites excluding steroid dienone is 2. The van der Waals surface area contributed by atoms with Crippen molar-refractivity contribution >= 4 is 17.2 Å². The van der Waals surface area contributed by atoms with Crippen molar-refractivity contribution in [2.75, 3.05) is 11.5 Å². The fraction of sp³-hybridized carbons (Fsp3) is 0.320. The highest BCUT2D eigenvalue weighted by molar-refractivity contribution is 6.10. The van der Waals surface area contributed by atoms with Gasteiger partial charge in [0.2, 0.25) is 11.7 Å². The van der Waals surface area contributed by atoms with Gasteiger partial charge in [-0.15, -0.1) is 0 Å². The van der Waals surface area contributed by atoms with E-state index in [4.69, 9.17) is 11.5 Å².